The Morgan fingerprint density at radius 2 is 1.82 bits per heavy atom. The smallest absolute Gasteiger partial charge is 0.0953 e. The molecule has 2 aromatic rings. The fourth-order valence-corrected chi connectivity index (χ4v) is 2.24. The molecule has 0 atom stereocenters. The summed E-state index contributed by atoms with van der Waals surface area (Å²) in [5.41, 5.74) is 11.9. The summed E-state index contributed by atoms with van der Waals surface area (Å²) in [6.45, 7) is 7.82. The van der Waals surface area contributed by atoms with Gasteiger partial charge in [0.05, 0.1) is 12.0 Å². The quantitative estimate of drug-likeness (QED) is 0.877. The van der Waals surface area contributed by atoms with Gasteiger partial charge in [-0.05, 0) is 37.5 Å². The molecule has 0 saturated heterocycles. The van der Waals surface area contributed by atoms with Gasteiger partial charge < -0.3 is 10.3 Å². The Bertz CT molecular complexity index is 503. The topological polar surface area (TPSA) is 43.8 Å². The maximum Gasteiger partial charge on any atom is 0.0953 e. The number of hydrogen-bond donors (Lipinski definition) is 1. The number of benzene rings is 1. The molecular formula is C14H19N3. The second-order valence-electron chi connectivity index (χ2n) is 4.62. The van der Waals surface area contributed by atoms with Gasteiger partial charge in [0, 0.05) is 19.3 Å². The van der Waals surface area contributed by atoms with Crippen molar-refractivity contribution in [3.05, 3.63) is 52.6 Å². The summed E-state index contributed by atoms with van der Waals surface area (Å²) in [5, 5.41) is 0. The molecule has 0 aliphatic heterocycles. The first-order valence-electron chi connectivity index (χ1n) is 5.87. The first kappa shape index (κ1) is 11.9. The van der Waals surface area contributed by atoms with E-state index in [1.165, 1.54) is 22.3 Å². The summed E-state index contributed by atoms with van der Waals surface area (Å²) >= 11 is 0. The van der Waals surface area contributed by atoms with Crippen molar-refractivity contribution in [1.82, 2.24) is 9.55 Å². The molecular weight excluding hydrogens is 210 g/mol. The summed E-state index contributed by atoms with van der Waals surface area (Å²) in [7, 11) is 0. The normalized spacial score (nSPS) is 10.8. The Balaban J connectivity index is 2.29. The first-order chi connectivity index (χ1) is 8.10. The molecule has 0 bridgehead atoms. The van der Waals surface area contributed by atoms with E-state index < -0.39 is 0 Å². The number of aromatic nitrogens is 2. The number of imidazole rings is 1. The van der Waals surface area contributed by atoms with Gasteiger partial charge >= 0.3 is 0 Å². The molecule has 0 aliphatic carbocycles. The Kier molecular flexibility index (Phi) is 3.29. The van der Waals surface area contributed by atoms with Crippen LogP contribution in [-0.2, 0) is 13.1 Å². The number of nitrogens with two attached hydrogens (primary N) is 1. The molecule has 0 unspecified atom stereocenters. The zero-order valence-electron chi connectivity index (χ0n) is 10.7. The predicted molar refractivity (Wildman–Crippen MR) is 69.9 cm³/mol. The minimum Gasteiger partial charge on any atom is -0.333 e. The fourth-order valence-electron chi connectivity index (χ4n) is 2.24. The summed E-state index contributed by atoms with van der Waals surface area (Å²) in [6, 6.07) is 4.45. The number of rotatable bonds is 3. The van der Waals surface area contributed by atoms with Crippen LogP contribution in [0.4, 0.5) is 0 Å². The van der Waals surface area contributed by atoms with E-state index in [4.69, 9.17) is 5.73 Å². The highest BCUT2D eigenvalue weighted by Gasteiger charge is 2.05. The van der Waals surface area contributed by atoms with Crippen LogP contribution in [0, 0.1) is 20.8 Å². The molecule has 3 heteroatoms. The lowest BCUT2D eigenvalue weighted by molar-refractivity contribution is 0.785. The van der Waals surface area contributed by atoms with Crippen LogP contribution >= 0.6 is 0 Å². The summed E-state index contributed by atoms with van der Waals surface area (Å²) in [6.07, 6.45) is 3.86. The van der Waals surface area contributed by atoms with Crippen molar-refractivity contribution in [2.24, 2.45) is 5.73 Å². The van der Waals surface area contributed by atoms with Crippen molar-refractivity contribution in [2.75, 3.05) is 0 Å². The highest BCUT2D eigenvalue weighted by molar-refractivity contribution is 5.37. The minimum absolute atomic E-state index is 0.499. The average molecular weight is 229 g/mol. The van der Waals surface area contributed by atoms with Gasteiger partial charge in [-0.15, -0.1) is 0 Å². The number of aryl methyl sites for hydroxylation is 3. The standard InChI is InChI=1S/C14H19N3/c1-10-4-11(2)14(12(3)5-10)8-17-7-13(6-15)16-9-17/h4-5,7,9H,6,8,15H2,1-3H3. The zero-order valence-corrected chi connectivity index (χ0v) is 10.7. The van der Waals surface area contributed by atoms with Gasteiger partial charge in [0.25, 0.3) is 0 Å². The van der Waals surface area contributed by atoms with Crippen molar-refractivity contribution >= 4 is 0 Å². The van der Waals surface area contributed by atoms with Gasteiger partial charge in [-0.25, -0.2) is 4.98 Å². The highest BCUT2D eigenvalue weighted by Crippen LogP contribution is 2.17. The van der Waals surface area contributed by atoms with Gasteiger partial charge in [-0.1, -0.05) is 17.7 Å². The van der Waals surface area contributed by atoms with Crippen molar-refractivity contribution in [3.8, 4) is 0 Å². The van der Waals surface area contributed by atoms with E-state index in [1.807, 2.05) is 12.5 Å². The molecule has 0 radical (unpaired) electrons. The molecule has 2 rings (SSSR count). The first-order valence-corrected chi connectivity index (χ1v) is 5.87. The molecule has 1 aromatic carbocycles. The van der Waals surface area contributed by atoms with E-state index >= 15 is 0 Å². The molecule has 2 N–H and O–H groups in total. The fraction of sp³-hybridized carbons (Fsp3) is 0.357. The van der Waals surface area contributed by atoms with E-state index in [-0.39, 0.29) is 0 Å². The minimum atomic E-state index is 0.499. The van der Waals surface area contributed by atoms with Gasteiger partial charge in [-0.2, -0.15) is 0 Å². The molecule has 90 valence electrons. The van der Waals surface area contributed by atoms with Crippen molar-refractivity contribution in [1.29, 1.82) is 0 Å². The monoisotopic (exact) mass is 229 g/mol. The van der Waals surface area contributed by atoms with Gasteiger partial charge in [0.2, 0.25) is 0 Å². The van der Waals surface area contributed by atoms with Crippen LogP contribution in [-0.4, -0.2) is 9.55 Å². The lowest BCUT2D eigenvalue weighted by Crippen LogP contribution is -2.02. The summed E-state index contributed by atoms with van der Waals surface area (Å²) in [5.74, 6) is 0. The third kappa shape index (κ3) is 2.56. The maximum absolute atomic E-state index is 5.56. The van der Waals surface area contributed by atoms with E-state index in [1.54, 1.807) is 0 Å². The van der Waals surface area contributed by atoms with E-state index in [0.29, 0.717) is 6.54 Å². The molecule has 0 amide bonds. The number of hydrogen-bond acceptors (Lipinski definition) is 2. The van der Waals surface area contributed by atoms with Crippen molar-refractivity contribution < 1.29 is 0 Å². The molecule has 0 aliphatic rings. The lowest BCUT2D eigenvalue weighted by Gasteiger charge is -2.11. The van der Waals surface area contributed by atoms with Crippen LogP contribution < -0.4 is 5.73 Å². The molecule has 17 heavy (non-hydrogen) atoms. The van der Waals surface area contributed by atoms with Crippen molar-refractivity contribution in [3.63, 3.8) is 0 Å². The Morgan fingerprint density at radius 3 is 2.35 bits per heavy atom. The largest absolute Gasteiger partial charge is 0.333 e. The van der Waals surface area contributed by atoms with Crippen LogP contribution in [0.15, 0.2) is 24.7 Å². The van der Waals surface area contributed by atoms with Crippen LogP contribution in [0.25, 0.3) is 0 Å². The molecule has 0 saturated carbocycles. The summed E-state index contributed by atoms with van der Waals surface area (Å²) < 4.78 is 2.09. The van der Waals surface area contributed by atoms with E-state index in [9.17, 15) is 0 Å². The Morgan fingerprint density at radius 1 is 1.18 bits per heavy atom. The Labute approximate surface area is 102 Å². The molecule has 3 nitrogen and oxygen atoms in total. The lowest BCUT2D eigenvalue weighted by atomic mass is 10.00. The van der Waals surface area contributed by atoms with Crippen LogP contribution in [0.5, 0.6) is 0 Å². The van der Waals surface area contributed by atoms with Crippen LogP contribution in [0.2, 0.25) is 0 Å². The van der Waals surface area contributed by atoms with Gasteiger partial charge in [0.15, 0.2) is 0 Å². The second-order valence-corrected chi connectivity index (χ2v) is 4.62. The maximum atomic E-state index is 5.56. The third-order valence-electron chi connectivity index (χ3n) is 3.08. The SMILES string of the molecule is Cc1cc(C)c(Cn2cnc(CN)c2)c(C)c1. The van der Waals surface area contributed by atoms with Crippen LogP contribution in [0.1, 0.15) is 27.9 Å². The average Bonchev–Trinajstić information content (AvgIpc) is 2.71. The molecule has 1 aromatic heterocycles. The second kappa shape index (κ2) is 4.72. The zero-order chi connectivity index (χ0) is 12.4. The molecule has 0 fully saturated rings. The van der Waals surface area contributed by atoms with Crippen molar-refractivity contribution in [2.45, 2.75) is 33.9 Å². The third-order valence-corrected chi connectivity index (χ3v) is 3.08. The molecule has 1 heterocycles. The number of nitrogens with zero attached hydrogens (tertiary/aromatic N) is 2. The summed E-state index contributed by atoms with van der Waals surface area (Å²) in [4.78, 5) is 4.25. The van der Waals surface area contributed by atoms with Gasteiger partial charge in [0.1, 0.15) is 0 Å². The molecule has 0 spiro atoms. The predicted octanol–water partition coefficient (Wildman–Crippen LogP) is 2.32. The van der Waals surface area contributed by atoms with Gasteiger partial charge in [-0.3, -0.25) is 0 Å². The van der Waals surface area contributed by atoms with Crippen LogP contribution in [0.3, 0.4) is 0 Å². The van der Waals surface area contributed by atoms with E-state index in [2.05, 4.69) is 42.5 Å². The highest BCUT2D eigenvalue weighted by atomic mass is 15.0. The van der Waals surface area contributed by atoms with E-state index in [0.717, 1.165) is 12.2 Å². The Hall–Kier alpha value is -1.61.